The smallest absolute Gasteiger partial charge is 0.303 e. The van der Waals surface area contributed by atoms with Crippen LogP contribution in [0.4, 0.5) is 0 Å². The van der Waals surface area contributed by atoms with E-state index in [0.717, 1.165) is 22.1 Å². The molecule has 1 unspecified atom stereocenters. The van der Waals surface area contributed by atoms with E-state index >= 15 is 0 Å². The van der Waals surface area contributed by atoms with Gasteiger partial charge in [0.1, 0.15) is 11.9 Å². The highest BCUT2D eigenvalue weighted by molar-refractivity contribution is 5.91. The maximum absolute atomic E-state index is 11.2. The van der Waals surface area contributed by atoms with Gasteiger partial charge in [-0.25, -0.2) is 0 Å². The summed E-state index contributed by atoms with van der Waals surface area (Å²) in [6.45, 7) is 5.12. The normalized spacial score (nSPS) is 11.9. The molecule has 0 radical (unpaired) electrons. The summed E-state index contributed by atoms with van der Waals surface area (Å²) < 4.78 is 10.6. The van der Waals surface area contributed by atoms with Gasteiger partial charge < -0.3 is 9.47 Å². The van der Waals surface area contributed by atoms with Crippen LogP contribution in [0.25, 0.3) is 10.8 Å². The molecule has 2 aromatic rings. The molecule has 0 aliphatic heterocycles. The molecule has 2 rings (SSSR count). The van der Waals surface area contributed by atoms with Gasteiger partial charge in [-0.15, -0.1) is 0 Å². The van der Waals surface area contributed by atoms with Crippen LogP contribution >= 0.6 is 0 Å². The van der Waals surface area contributed by atoms with Crippen molar-refractivity contribution in [1.82, 2.24) is 0 Å². The van der Waals surface area contributed by atoms with Crippen molar-refractivity contribution in [2.45, 2.75) is 13.0 Å². The van der Waals surface area contributed by atoms with Crippen LogP contribution in [0.15, 0.2) is 49.1 Å². The summed E-state index contributed by atoms with van der Waals surface area (Å²) in [5.41, 5.74) is 0.904. The molecule has 19 heavy (non-hydrogen) atoms. The van der Waals surface area contributed by atoms with Crippen LogP contribution in [-0.2, 0) is 9.53 Å². The van der Waals surface area contributed by atoms with Crippen molar-refractivity contribution in [3.05, 3.63) is 54.6 Å². The Morgan fingerprint density at radius 1 is 1.21 bits per heavy atom. The number of ether oxygens (including phenoxy) is 2. The summed E-state index contributed by atoms with van der Waals surface area (Å²) in [6, 6.07) is 11.6. The molecule has 0 amide bonds. The van der Waals surface area contributed by atoms with Gasteiger partial charge in [0.15, 0.2) is 0 Å². The summed E-state index contributed by atoms with van der Waals surface area (Å²) in [5, 5.41) is 1.98. The second kappa shape index (κ2) is 5.57. The first-order chi connectivity index (χ1) is 9.17. The van der Waals surface area contributed by atoms with E-state index in [2.05, 4.69) is 6.58 Å². The van der Waals surface area contributed by atoms with E-state index in [0.29, 0.717) is 0 Å². The fraction of sp³-hybridized carbons (Fsp3) is 0.188. The fourth-order valence-corrected chi connectivity index (χ4v) is 2.14. The minimum Gasteiger partial charge on any atom is -0.496 e. The Kier molecular flexibility index (Phi) is 3.85. The van der Waals surface area contributed by atoms with E-state index in [4.69, 9.17) is 9.47 Å². The maximum atomic E-state index is 11.2. The number of rotatable bonds is 4. The topological polar surface area (TPSA) is 35.5 Å². The lowest BCUT2D eigenvalue weighted by Gasteiger charge is -2.17. The minimum absolute atomic E-state index is 0.329. The zero-order chi connectivity index (χ0) is 13.8. The van der Waals surface area contributed by atoms with E-state index < -0.39 is 6.10 Å². The lowest BCUT2D eigenvalue weighted by atomic mass is 9.99. The van der Waals surface area contributed by atoms with Crippen molar-refractivity contribution in [1.29, 1.82) is 0 Å². The third kappa shape index (κ3) is 2.60. The zero-order valence-electron chi connectivity index (χ0n) is 11.1. The predicted octanol–water partition coefficient (Wildman–Crippen LogP) is 3.64. The zero-order valence-corrected chi connectivity index (χ0v) is 11.1. The highest BCUT2D eigenvalue weighted by Gasteiger charge is 2.15. The number of carbonyl (C=O) groups is 1. The van der Waals surface area contributed by atoms with Crippen LogP contribution in [0.1, 0.15) is 18.6 Å². The molecule has 0 N–H and O–H groups in total. The van der Waals surface area contributed by atoms with Crippen molar-refractivity contribution < 1.29 is 14.3 Å². The van der Waals surface area contributed by atoms with E-state index in [-0.39, 0.29) is 5.97 Å². The second-order valence-electron chi connectivity index (χ2n) is 4.17. The predicted molar refractivity (Wildman–Crippen MR) is 75.2 cm³/mol. The molecule has 3 heteroatoms. The highest BCUT2D eigenvalue weighted by Crippen LogP contribution is 2.33. The Morgan fingerprint density at radius 3 is 2.47 bits per heavy atom. The molecule has 0 aromatic heterocycles. The summed E-state index contributed by atoms with van der Waals surface area (Å²) in [7, 11) is 1.64. The van der Waals surface area contributed by atoms with Gasteiger partial charge in [0, 0.05) is 17.9 Å². The average Bonchev–Trinajstić information content (AvgIpc) is 2.43. The van der Waals surface area contributed by atoms with Gasteiger partial charge in [0.05, 0.1) is 7.11 Å². The highest BCUT2D eigenvalue weighted by atomic mass is 16.5. The van der Waals surface area contributed by atoms with Crippen LogP contribution in [0.2, 0.25) is 0 Å². The largest absolute Gasteiger partial charge is 0.496 e. The van der Waals surface area contributed by atoms with Crippen molar-refractivity contribution in [3.8, 4) is 5.75 Å². The van der Waals surface area contributed by atoms with Crippen LogP contribution in [0.5, 0.6) is 5.75 Å². The number of hydrogen-bond donors (Lipinski definition) is 0. The molecule has 0 aliphatic carbocycles. The molecule has 0 spiro atoms. The lowest BCUT2D eigenvalue weighted by Crippen LogP contribution is -2.06. The summed E-state index contributed by atoms with van der Waals surface area (Å²) in [5.74, 6) is 0.467. The molecular weight excluding hydrogens is 240 g/mol. The molecule has 98 valence electrons. The SMILES string of the molecule is C=CC(OC(C)=O)c1ccc(OC)c2ccccc12. The van der Waals surface area contributed by atoms with Crippen LogP contribution in [0.3, 0.4) is 0 Å². The standard InChI is InChI=1S/C16H16O3/c1-4-15(19-11(2)17)14-9-10-16(18-3)13-8-6-5-7-12(13)14/h4-10,15H,1H2,2-3H3. The van der Waals surface area contributed by atoms with E-state index in [1.807, 2.05) is 36.4 Å². The van der Waals surface area contributed by atoms with Crippen molar-refractivity contribution in [3.63, 3.8) is 0 Å². The molecular formula is C16H16O3. The third-order valence-electron chi connectivity index (χ3n) is 2.95. The van der Waals surface area contributed by atoms with Gasteiger partial charge >= 0.3 is 5.97 Å². The quantitative estimate of drug-likeness (QED) is 0.619. The van der Waals surface area contributed by atoms with Crippen LogP contribution < -0.4 is 4.74 Å². The Hall–Kier alpha value is -2.29. The van der Waals surface area contributed by atoms with Gasteiger partial charge in [0.2, 0.25) is 0 Å². The molecule has 0 fully saturated rings. The second-order valence-corrected chi connectivity index (χ2v) is 4.17. The van der Waals surface area contributed by atoms with E-state index in [9.17, 15) is 4.79 Å². The molecule has 1 atom stereocenters. The molecule has 0 saturated carbocycles. The Bertz CT molecular complexity index is 616. The monoisotopic (exact) mass is 256 g/mol. The fourth-order valence-electron chi connectivity index (χ4n) is 2.14. The molecule has 2 aromatic carbocycles. The van der Waals surface area contributed by atoms with Gasteiger partial charge in [-0.2, -0.15) is 0 Å². The first kappa shape index (κ1) is 13.1. The molecule has 0 aliphatic rings. The first-order valence-corrected chi connectivity index (χ1v) is 6.02. The molecule has 0 saturated heterocycles. The Balaban J connectivity index is 2.60. The molecule has 3 nitrogen and oxygen atoms in total. The summed E-state index contributed by atoms with van der Waals surface area (Å²) >= 11 is 0. The average molecular weight is 256 g/mol. The van der Waals surface area contributed by atoms with Gasteiger partial charge in [-0.1, -0.05) is 36.9 Å². The Labute approximate surface area is 112 Å². The van der Waals surface area contributed by atoms with Gasteiger partial charge in [0.25, 0.3) is 0 Å². The number of carbonyl (C=O) groups excluding carboxylic acids is 1. The summed E-state index contributed by atoms with van der Waals surface area (Å²) in [4.78, 5) is 11.2. The van der Waals surface area contributed by atoms with Crippen molar-refractivity contribution in [2.75, 3.05) is 7.11 Å². The Morgan fingerprint density at radius 2 is 1.89 bits per heavy atom. The number of methoxy groups -OCH3 is 1. The van der Waals surface area contributed by atoms with E-state index in [1.165, 1.54) is 6.92 Å². The van der Waals surface area contributed by atoms with Gasteiger partial charge in [-0.3, -0.25) is 4.79 Å². The maximum Gasteiger partial charge on any atom is 0.303 e. The van der Waals surface area contributed by atoms with Gasteiger partial charge in [-0.05, 0) is 17.5 Å². The number of esters is 1. The lowest BCUT2D eigenvalue weighted by molar-refractivity contribution is -0.144. The molecule has 0 heterocycles. The molecule has 0 bridgehead atoms. The summed E-state index contributed by atoms with van der Waals surface area (Å²) in [6.07, 6.45) is 1.17. The van der Waals surface area contributed by atoms with Crippen LogP contribution in [0, 0.1) is 0 Å². The number of fused-ring (bicyclic) bond motifs is 1. The van der Waals surface area contributed by atoms with Crippen molar-refractivity contribution in [2.24, 2.45) is 0 Å². The van der Waals surface area contributed by atoms with Crippen LogP contribution in [-0.4, -0.2) is 13.1 Å². The first-order valence-electron chi connectivity index (χ1n) is 6.02. The third-order valence-corrected chi connectivity index (χ3v) is 2.95. The minimum atomic E-state index is -0.451. The van der Waals surface area contributed by atoms with Crippen molar-refractivity contribution >= 4 is 16.7 Å². The van der Waals surface area contributed by atoms with E-state index in [1.54, 1.807) is 13.2 Å². The number of benzene rings is 2. The number of hydrogen-bond acceptors (Lipinski definition) is 3.